The van der Waals surface area contributed by atoms with Crippen molar-refractivity contribution in [3.8, 4) is 16.9 Å². The molecular formula is C26H29ClN6O3. The van der Waals surface area contributed by atoms with Crippen LogP contribution in [0.4, 0.5) is 11.4 Å². The molecule has 2 amide bonds. The van der Waals surface area contributed by atoms with Crippen molar-refractivity contribution < 1.29 is 14.7 Å². The van der Waals surface area contributed by atoms with Gasteiger partial charge in [0.05, 0.1) is 17.1 Å². The average molecular weight is 509 g/mol. The average Bonchev–Trinajstić information content (AvgIpc) is 2.80. The highest BCUT2D eigenvalue weighted by Crippen LogP contribution is 2.42. The van der Waals surface area contributed by atoms with Gasteiger partial charge >= 0.3 is 0 Å². The molecule has 188 valence electrons. The Labute approximate surface area is 214 Å². The van der Waals surface area contributed by atoms with Gasteiger partial charge in [0.2, 0.25) is 11.8 Å². The van der Waals surface area contributed by atoms with Crippen molar-refractivity contribution in [2.24, 2.45) is 11.5 Å². The van der Waals surface area contributed by atoms with E-state index in [-0.39, 0.29) is 58.3 Å². The maximum absolute atomic E-state index is 12.9. The molecule has 0 bridgehead atoms. The Morgan fingerprint density at radius 1 is 1.06 bits per heavy atom. The summed E-state index contributed by atoms with van der Waals surface area (Å²) in [6.07, 6.45) is -0.194. The molecule has 9 nitrogen and oxygen atoms in total. The molecule has 0 spiro atoms. The smallest absolute Gasteiger partial charge is 0.248 e. The molecule has 0 radical (unpaired) electrons. The fraction of sp³-hybridized carbons (Fsp3) is 0.192. The van der Waals surface area contributed by atoms with Crippen LogP contribution in [0.2, 0.25) is 5.02 Å². The van der Waals surface area contributed by atoms with Crippen molar-refractivity contribution in [3.05, 3.63) is 75.8 Å². The summed E-state index contributed by atoms with van der Waals surface area (Å²) in [6.45, 7) is 4.04. The molecule has 0 atom stereocenters. The lowest BCUT2D eigenvalue weighted by molar-refractivity contribution is -0.120. The number of nitrogens with two attached hydrogens (primary N) is 3. The van der Waals surface area contributed by atoms with Gasteiger partial charge in [-0.3, -0.25) is 15.0 Å². The summed E-state index contributed by atoms with van der Waals surface area (Å²) in [6, 6.07) is 13.0. The first kappa shape index (κ1) is 26.4. The third kappa shape index (κ3) is 6.25. The molecule has 36 heavy (non-hydrogen) atoms. The number of nitrogens with one attached hydrogen (secondary N) is 3. The summed E-state index contributed by atoms with van der Waals surface area (Å²) in [5.74, 6) is -1.20. The summed E-state index contributed by atoms with van der Waals surface area (Å²) in [7, 11) is 0. The minimum Gasteiger partial charge on any atom is -0.505 e. The number of phenolic OH excluding ortho intramolecular Hbond substituents is 1. The molecule has 3 rings (SSSR count). The number of amidine groups is 1. The number of rotatable bonds is 9. The number of amides is 2. The molecule has 0 heterocycles. The topological polar surface area (TPSA) is 180 Å². The van der Waals surface area contributed by atoms with Gasteiger partial charge in [-0.05, 0) is 49.2 Å². The van der Waals surface area contributed by atoms with Gasteiger partial charge < -0.3 is 32.9 Å². The zero-order valence-corrected chi connectivity index (χ0v) is 20.7. The lowest BCUT2D eigenvalue weighted by Crippen LogP contribution is -2.25. The van der Waals surface area contributed by atoms with Crippen molar-refractivity contribution in [3.63, 3.8) is 0 Å². The summed E-state index contributed by atoms with van der Waals surface area (Å²) < 4.78 is 0. The minimum atomic E-state index is -0.669. The molecule has 0 aliphatic rings. The Bertz CT molecular complexity index is 1320. The number of benzene rings is 3. The molecule has 0 saturated carbocycles. The highest BCUT2D eigenvalue weighted by Gasteiger charge is 2.22. The minimum absolute atomic E-state index is 0.00805. The number of carbonyl (C=O) groups is 2. The molecule has 0 aliphatic heterocycles. The van der Waals surface area contributed by atoms with E-state index < -0.39 is 5.91 Å². The predicted octanol–water partition coefficient (Wildman–Crippen LogP) is 3.36. The highest BCUT2D eigenvalue weighted by atomic mass is 35.5. The number of phenols is 1. The van der Waals surface area contributed by atoms with E-state index in [1.165, 1.54) is 12.1 Å². The van der Waals surface area contributed by atoms with E-state index in [1.807, 2.05) is 13.8 Å². The Morgan fingerprint density at radius 3 is 2.31 bits per heavy atom. The molecule has 0 saturated heterocycles. The van der Waals surface area contributed by atoms with Crippen molar-refractivity contribution in [2.75, 3.05) is 11.1 Å². The zero-order chi connectivity index (χ0) is 26.6. The number of aromatic hydroxyl groups is 1. The first-order valence-corrected chi connectivity index (χ1v) is 11.6. The van der Waals surface area contributed by atoms with Gasteiger partial charge in [-0.25, -0.2) is 0 Å². The van der Waals surface area contributed by atoms with E-state index in [2.05, 4.69) is 10.6 Å². The van der Waals surface area contributed by atoms with Crippen LogP contribution in [0.1, 0.15) is 40.9 Å². The van der Waals surface area contributed by atoms with Crippen LogP contribution in [0.25, 0.3) is 11.1 Å². The second-order valence-electron chi connectivity index (χ2n) is 8.68. The quantitative estimate of drug-likeness (QED) is 0.101. The predicted molar refractivity (Wildman–Crippen MR) is 143 cm³/mol. The van der Waals surface area contributed by atoms with Gasteiger partial charge in [0.1, 0.15) is 11.6 Å². The molecule has 0 fully saturated rings. The van der Waals surface area contributed by atoms with Crippen molar-refractivity contribution >= 4 is 40.6 Å². The summed E-state index contributed by atoms with van der Waals surface area (Å²) in [4.78, 5) is 24.7. The van der Waals surface area contributed by atoms with Crippen molar-refractivity contribution in [2.45, 2.75) is 32.9 Å². The monoisotopic (exact) mass is 508 g/mol. The highest BCUT2D eigenvalue weighted by molar-refractivity contribution is 6.34. The van der Waals surface area contributed by atoms with Crippen LogP contribution >= 0.6 is 11.6 Å². The van der Waals surface area contributed by atoms with Gasteiger partial charge in [0, 0.05) is 40.5 Å². The number of halogens is 1. The van der Waals surface area contributed by atoms with Crippen LogP contribution < -0.4 is 27.8 Å². The van der Waals surface area contributed by atoms with E-state index in [1.54, 1.807) is 36.4 Å². The maximum Gasteiger partial charge on any atom is 0.248 e. The molecule has 3 aromatic carbocycles. The largest absolute Gasteiger partial charge is 0.505 e. The van der Waals surface area contributed by atoms with Crippen LogP contribution in [-0.2, 0) is 17.8 Å². The Balaban J connectivity index is 1.98. The van der Waals surface area contributed by atoms with E-state index >= 15 is 0 Å². The van der Waals surface area contributed by atoms with Crippen molar-refractivity contribution in [1.29, 1.82) is 5.41 Å². The Kier molecular flexibility index (Phi) is 8.06. The first-order valence-electron chi connectivity index (χ1n) is 11.2. The summed E-state index contributed by atoms with van der Waals surface area (Å²) >= 11 is 6.64. The summed E-state index contributed by atoms with van der Waals surface area (Å²) in [5, 5.41) is 24.8. The molecule has 3 aromatic rings. The van der Waals surface area contributed by atoms with E-state index in [9.17, 15) is 14.7 Å². The third-order valence-corrected chi connectivity index (χ3v) is 5.72. The lowest BCUT2D eigenvalue weighted by atomic mass is 9.93. The summed E-state index contributed by atoms with van der Waals surface area (Å²) in [5.41, 5.74) is 20.2. The number of hydrogen-bond donors (Lipinski definition) is 7. The number of carbonyl (C=O) groups excluding carboxylic acids is 2. The molecule has 0 aromatic heterocycles. The second kappa shape index (κ2) is 11.0. The molecule has 10 heteroatoms. The Morgan fingerprint density at radius 2 is 1.72 bits per heavy atom. The van der Waals surface area contributed by atoms with Crippen LogP contribution in [0, 0.1) is 5.41 Å². The fourth-order valence-electron chi connectivity index (χ4n) is 3.76. The normalized spacial score (nSPS) is 10.8. The molecule has 0 unspecified atom stereocenters. The second-order valence-corrected chi connectivity index (χ2v) is 9.09. The van der Waals surface area contributed by atoms with Crippen LogP contribution in [0.3, 0.4) is 0 Å². The number of nitrogen functional groups attached to an aromatic ring is 2. The number of hydrogen-bond acceptors (Lipinski definition) is 6. The first-order chi connectivity index (χ1) is 17.0. The molecule has 0 aliphatic carbocycles. The van der Waals surface area contributed by atoms with Crippen LogP contribution in [0.5, 0.6) is 5.75 Å². The van der Waals surface area contributed by atoms with E-state index in [0.717, 1.165) is 5.56 Å². The van der Waals surface area contributed by atoms with Gasteiger partial charge in [0.15, 0.2) is 0 Å². The van der Waals surface area contributed by atoms with Gasteiger partial charge in [-0.15, -0.1) is 0 Å². The van der Waals surface area contributed by atoms with Crippen LogP contribution in [0.15, 0.2) is 48.5 Å². The van der Waals surface area contributed by atoms with Gasteiger partial charge in [-0.1, -0.05) is 35.9 Å². The van der Waals surface area contributed by atoms with Gasteiger partial charge in [0.25, 0.3) is 0 Å². The number of anilines is 2. The maximum atomic E-state index is 12.9. The standard InChI is InChI=1S/C26H29ClN6O3/c1-13(2)33-21-11-20(27)23(16-7-17(26(31)36)9-18(28)8-16)19(24(21)35)10-22(34)32-12-14-3-5-15(6-4-14)25(29)30/h3-9,11,13,33,35H,10,12,28H2,1-2H3,(H3,29,30)(H2,31,36)(H,32,34). The number of primary amides is 1. The zero-order valence-electron chi connectivity index (χ0n) is 20.0. The molecular weight excluding hydrogens is 480 g/mol. The van der Waals surface area contributed by atoms with Crippen LogP contribution in [-0.4, -0.2) is 28.8 Å². The molecule has 10 N–H and O–H groups in total. The Hall–Kier alpha value is -4.24. The third-order valence-electron chi connectivity index (χ3n) is 5.42. The van der Waals surface area contributed by atoms with E-state index in [4.69, 9.17) is 34.2 Å². The fourth-order valence-corrected chi connectivity index (χ4v) is 4.09. The van der Waals surface area contributed by atoms with E-state index in [0.29, 0.717) is 22.4 Å². The van der Waals surface area contributed by atoms with Gasteiger partial charge in [-0.2, -0.15) is 0 Å². The lowest BCUT2D eigenvalue weighted by Gasteiger charge is -2.20. The van der Waals surface area contributed by atoms with Crippen molar-refractivity contribution in [1.82, 2.24) is 5.32 Å². The SMILES string of the molecule is CC(C)Nc1cc(Cl)c(-c2cc(N)cc(C(N)=O)c2)c(CC(=O)NCc2ccc(C(=N)N)cc2)c1O.